The van der Waals surface area contributed by atoms with Gasteiger partial charge in [-0.3, -0.25) is 0 Å². The molecule has 0 saturated carbocycles. The standard InChI is InChI=1S/C13H21NO2S/c1-9(5-6-14)10-7-11(15-2)12(16-3)8-13(10)17-4/h7-9H,5-6,14H2,1-4H3. The maximum atomic E-state index is 5.62. The van der Waals surface area contributed by atoms with E-state index in [1.807, 2.05) is 6.07 Å². The maximum Gasteiger partial charge on any atom is 0.161 e. The molecule has 1 aromatic carbocycles. The quantitative estimate of drug-likeness (QED) is 0.794. The number of hydrogen-bond acceptors (Lipinski definition) is 4. The van der Waals surface area contributed by atoms with Gasteiger partial charge in [0.25, 0.3) is 0 Å². The largest absolute Gasteiger partial charge is 0.493 e. The zero-order chi connectivity index (χ0) is 12.8. The molecular weight excluding hydrogens is 234 g/mol. The van der Waals surface area contributed by atoms with Crippen molar-refractivity contribution in [3.8, 4) is 11.5 Å². The topological polar surface area (TPSA) is 44.5 Å². The second kappa shape index (κ2) is 6.77. The molecule has 1 atom stereocenters. The van der Waals surface area contributed by atoms with Crippen molar-refractivity contribution in [2.75, 3.05) is 27.0 Å². The summed E-state index contributed by atoms with van der Waals surface area (Å²) in [6.45, 7) is 2.89. The van der Waals surface area contributed by atoms with Gasteiger partial charge in [-0.1, -0.05) is 6.92 Å². The van der Waals surface area contributed by atoms with Gasteiger partial charge in [0.05, 0.1) is 14.2 Å². The van der Waals surface area contributed by atoms with Gasteiger partial charge in [0.15, 0.2) is 11.5 Å². The van der Waals surface area contributed by atoms with Crippen molar-refractivity contribution in [3.63, 3.8) is 0 Å². The van der Waals surface area contributed by atoms with E-state index >= 15 is 0 Å². The molecule has 0 fully saturated rings. The van der Waals surface area contributed by atoms with E-state index in [0.717, 1.165) is 17.9 Å². The van der Waals surface area contributed by atoms with Crippen LogP contribution in [0.1, 0.15) is 24.8 Å². The van der Waals surface area contributed by atoms with Crippen molar-refractivity contribution in [2.24, 2.45) is 5.73 Å². The maximum absolute atomic E-state index is 5.62. The third-order valence-corrected chi connectivity index (χ3v) is 3.66. The van der Waals surface area contributed by atoms with Crippen LogP contribution in [0.4, 0.5) is 0 Å². The first-order chi connectivity index (χ1) is 8.17. The van der Waals surface area contributed by atoms with Crippen molar-refractivity contribution < 1.29 is 9.47 Å². The van der Waals surface area contributed by atoms with Crippen LogP contribution in [0.5, 0.6) is 11.5 Å². The number of thioether (sulfide) groups is 1. The molecule has 2 N–H and O–H groups in total. The van der Waals surface area contributed by atoms with Crippen LogP contribution in [0.15, 0.2) is 17.0 Å². The fraction of sp³-hybridized carbons (Fsp3) is 0.538. The molecule has 0 spiro atoms. The van der Waals surface area contributed by atoms with Crippen LogP contribution in [-0.2, 0) is 0 Å². The summed E-state index contributed by atoms with van der Waals surface area (Å²) in [6, 6.07) is 4.09. The summed E-state index contributed by atoms with van der Waals surface area (Å²) in [4.78, 5) is 1.23. The second-order valence-corrected chi connectivity index (χ2v) is 4.78. The Balaban J connectivity index is 3.18. The highest BCUT2D eigenvalue weighted by Gasteiger charge is 2.15. The number of nitrogens with two attached hydrogens (primary N) is 1. The van der Waals surface area contributed by atoms with Gasteiger partial charge >= 0.3 is 0 Å². The molecule has 1 unspecified atom stereocenters. The SMILES string of the molecule is COc1cc(SC)c(C(C)CCN)cc1OC. The summed E-state index contributed by atoms with van der Waals surface area (Å²) >= 11 is 1.72. The van der Waals surface area contributed by atoms with Crippen LogP contribution in [-0.4, -0.2) is 27.0 Å². The fourth-order valence-corrected chi connectivity index (χ4v) is 2.56. The van der Waals surface area contributed by atoms with Gasteiger partial charge in [-0.25, -0.2) is 0 Å². The van der Waals surface area contributed by atoms with E-state index in [2.05, 4.69) is 19.2 Å². The molecular formula is C13H21NO2S. The summed E-state index contributed by atoms with van der Waals surface area (Å²) in [7, 11) is 3.32. The molecule has 1 rings (SSSR count). The Kier molecular flexibility index (Phi) is 5.65. The Morgan fingerprint density at radius 1 is 1.24 bits per heavy atom. The predicted molar refractivity (Wildman–Crippen MR) is 73.4 cm³/mol. The van der Waals surface area contributed by atoms with E-state index in [1.165, 1.54) is 10.5 Å². The molecule has 3 nitrogen and oxygen atoms in total. The van der Waals surface area contributed by atoms with Crippen LogP contribution >= 0.6 is 11.8 Å². The Morgan fingerprint density at radius 2 is 1.82 bits per heavy atom. The molecule has 4 heteroatoms. The highest BCUT2D eigenvalue weighted by molar-refractivity contribution is 7.98. The summed E-state index contributed by atoms with van der Waals surface area (Å²) < 4.78 is 10.6. The minimum Gasteiger partial charge on any atom is -0.493 e. The molecule has 0 heterocycles. The lowest BCUT2D eigenvalue weighted by Crippen LogP contribution is -2.06. The van der Waals surface area contributed by atoms with E-state index in [1.54, 1.807) is 26.0 Å². The lowest BCUT2D eigenvalue weighted by molar-refractivity contribution is 0.353. The van der Waals surface area contributed by atoms with Gasteiger partial charge in [-0.15, -0.1) is 11.8 Å². The van der Waals surface area contributed by atoms with Gasteiger partial charge in [-0.05, 0) is 42.8 Å². The molecule has 96 valence electrons. The van der Waals surface area contributed by atoms with Crippen molar-refractivity contribution in [2.45, 2.75) is 24.2 Å². The number of rotatable bonds is 6. The van der Waals surface area contributed by atoms with E-state index in [0.29, 0.717) is 12.5 Å². The number of methoxy groups -OCH3 is 2. The molecule has 0 aliphatic rings. The van der Waals surface area contributed by atoms with E-state index in [-0.39, 0.29) is 0 Å². The highest BCUT2D eigenvalue weighted by Crippen LogP contribution is 2.38. The van der Waals surface area contributed by atoms with Crippen LogP contribution in [0.2, 0.25) is 0 Å². The van der Waals surface area contributed by atoms with Gasteiger partial charge < -0.3 is 15.2 Å². The first-order valence-corrected chi connectivity index (χ1v) is 6.90. The Hall–Kier alpha value is -0.870. The normalized spacial score (nSPS) is 12.3. The minimum atomic E-state index is 0.433. The molecule has 0 bridgehead atoms. The number of benzene rings is 1. The van der Waals surface area contributed by atoms with Crippen LogP contribution < -0.4 is 15.2 Å². The van der Waals surface area contributed by atoms with E-state index in [9.17, 15) is 0 Å². The Morgan fingerprint density at radius 3 is 2.29 bits per heavy atom. The van der Waals surface area contributed by atoms with Crippen molar-refractivity contribution in [3.05, 3.63) is 17.7 Å². The van der Waals surface area contributed by atoms with Gasteiger partial charge in [0.2, 0.25) is 0 Å². The van der Waals surface area contributed by atoms with Crippen molar-refractivity contribution in [1.29, 1.82) is 0 Å². The molecule has 0 aliphatic carbocycles. The van der Waals surface area contributed by atoms with Crippen molar-refractivity contribution in [1.82, 2.24) is 0 Å². The van der Waals surface area contributed by atoms with Gasteiger partial charge in [0.1, 0.15) is 0 Å². The van der Waals surface area contributed by atoms with E-state index < -0.39 is 0 Å². The Bertz CT molecular complexity index is 369. The molecule has 0 amide bonds. The van der Waals surface area contributed by atoms with Crippen LogP contribution in [0.3, 0.4) is 0 Å². The van der Waals surface area contributed by atoms with E-state index in [4.69, 9.17) is 15.2 Å². The second-order valence-electron chi connectivity index (χ2n) is 3.93. The first-order valence-electron chi connectivity index (χ1n) is 5.67. The minimum absolute atomic E-state index is 0.433. The lowest BCUT2D eigenvalue weighted by atomic mass is 9.97. The third-order valence-electron chi connectivity index (χ3n) is 2.87. The number of ether oxygens (including phenoxy) is 2. The summed E-state index contributed by atoms with van der Waals surface area (Å²) in [5.74, 6) is 1.99. The van der Waals surface area contributed by atoms with Crippen molar-refractivity contribution >= 4 is 11.8 Å². The lowest BCUT2D eigenvalue weighted by Gasteiger charge is -2.18. The predicted octanol–water partition coefficient (Wildman–Crippen LogP) is 2.88. The summed E-state index contributed by atoms with van der Waals surface area (Å²) in [5.41, 5.74) is 6.90. The third kappa shape index (κ3) is 3.30. The molecule has 17 heavy (non-hydrogen) atoms. The van der Waals surface area contributed by atoms with Crippen LogP contribution in [0.25, 0.3) is 0 Å². The summed E-state index contributed by atoms with van der Waals surface area (Å²) in [5, 5.41) is 0. The monoisotopic (exact) mass is 255 g/mol. The zero-order valence-electron chi connectivity index (χ0n) is 10.9. The Labute approximate surface area is 108 Å². The molecule has 1 aromatic rings. The van der Waals surface area contributed by atoms with Crippen LogP contribution in [0, 0.1) is 0 Å². The summed E-state index contributed by atoms with van der Waals surface area (Å²) in [6.07, 6.45) is 3.04. The molecule has 0 saturated heterocycles. The average Bonchev–Trinajstić information content (AvgIpc) is 2.37. The van der Waals surface area contributed by atoms with Gasteiger partial charge in [0, 0.05) is 4.90 Å². The molecule has 0 aromatic heterocycles. The van der Waals surface area contributed by atoms with Gasteiger partial charge in [-0.2, -0.15) is 0 Å². The number of hydrogen-bond donors (Lipinski definition) is 1. The molecule has 0 radical (unpaired) electrons. The first kappa shape index (κ1) is 14.2. The molecule has 0 aliphatic heterocycles. The highest BCUT2D eigenvalue weighted by atomic mass is 32.2. The zero-order valence-corrected chi connectivity index (χ0v) is 11.8. The average molecular weight is 255 g/mol. The fourth-order valence-electron chi connectivity index (χ4n) is 1.84. The smallest absolute Gasteiger partial charge is 0.161 e.